The zero-order valence-electron chi connectivity index (χ0n) is 11.2. The minimum Gasteiger partial charge on any atom is -0.310 e. The largest absolute Gasteiger partial charge is 0.310 e. The quantitative estimate of drug-likeness (QED) is 0.714. The summed E-state index contributed by atoms with van der Waals surface area (Å²) in [5.41, 5.74) is 2.33. The van der Waals surface area contributed by atoms with Crippen LogP contribution < -0.4 is 5.32 Å². The lowest BCUT2D eigenvalue weighted by Crippen LogP contribution is -2.23. The van der Waals surface area contributed by atoms with Crippen molar-refractivity contribution in [1.29, 1.82) is 0 Å². The van der Waals surface area contributed by atoms with Crippen molar-refractivity contribution in [2.75, 3.05) is 6.54 Å². The highest BCUT2D eigenvalue weighted by molar-refractivity contribution is 9.10. The lowest BCUT2D eigenvalue weighted by atomic mass is 9.99. The van der Waals surface area contributed by atoms with Crippen molar-refractivity contribution in [1.82, 2.24) is 5.32 Å². The van der Waals surface area contributed by atoms with Crippen LogP contribution >= 0.6 is 39.1 Å². The van der Waals surface area contributed by atoms with Gasteiger partial charge in [0.1, 0.15) is 0 Å². The second-order valence-electron chi connectivity index (χ2n) is 4.57. The normalized spacial score (nSPS) is 12.4. The number of rotatable bonds is 5. The second-order valence-corrected chi connectivity index (χ2v) is 6.27. The summed E-state index contributed by atoms with van der Waals surface area (Å²) in [6.45, 7) is 2.99. The summed E-state index contributed by atoms with van der Waals surface area (Å²) < 4.78 is 1.02. The molecule has 0 fully saturated rings. The standard InChI is InChI=1S/C16H16BrCl2N/c1-2-20-16(9-11-5-3-4-6-15(11)19)13-8-7-12(18)10-14(13)17/h3-8,10,16,20H,2,9H2,1H3. The predicted molar refractivity (Wildman–Crippen MR) is 90.7 cm³/mol. The minimum absolute atomic E-state index is 0.201. The summed E-state index contributed by atoms with van der Waals surface area (Å²) >= 11 is 15.9. The number of hydrogen-bond donors (Lipinski definition) is 1. The minimum atomic E-state index is 0.201. The first kappa shape index (κ1) is 15.8. The summed E-state index contributed by atoms with van der Waals surface area (Å²) in [7, 11) is 0. The third kappa shape index (κ3) is 3.98. The highest BCUT2D eigenvalue weighted by Crippen LogP contribution is 2.30. The van der Waals surface area contributed by atoms with Crippen LogP contribution in [0.1, 0.15) is 24.1 Å². The number of hydrogen-bond acceptors (Lipinski definition) is 1. The SMILES string of the molecule is CCNC(Cc1ccccc1Cl)c1ccc(Cl)cc1Br. The van der Waals surface area contributed by atoms with E-state index in [1.54, 1.807) is 0 Å². The van der Waals surface area contributed by atoms with E-state index in [1.165, 1.54) is 5.56 Å². The molecule has 0 aliphatic rings. The van der Waals surface area contributed by atoms with Gasteiger partial charge >= 0.3 is 0 Å². The Hall–Kier alpha value is -0.540. The van der Waals surface area contributed by atoms with Gasteiger partial charge in [-0.3, -0.25) is 0 Å². The van der Waals surface area contributed by atoms with Crippen molar-refractivity contribution in [2.45, 2.75) is 19.4 Å². The molecule has 1 atom stereocenters. The van der Waals surface area contributed by atoms with Crippen LogP contribution in [0.25, 0.3) is 0 Å². The second kappa shape index (κ2) is 7.46. The molecule has 1 N–H and O–H groups in total. The monoisotopic (exact) mass is 371 g/mol. The van der Waals surface area contributed by atoms with Crippen molar-refractivity contribution < 1.29 is 0 Å². The van der Waals surface area contributed by atoms with Crippen LogP contribution in [0.15, 0.2) is 46.9 Å². The van der Waals surface area contributed by atoms with Gasteiger partial charge in [0.05, 0.1) is 0 Å². The van der Waals surface area contributed by atoms with Gasteiger partial charge < -0.3 is 5.32 Å². The summed E-state index contributed by atoms with van der Waals surface area (Å²) in [6.07, 6.45) is 0.841. The third-order valence-electron chi connectivity index (χ3n) is 3.17. The molecule has 0 spiro atoms. The Balaban J connectivity index is 2.29. The van der Waals surface area contributed by atoms with Crippen molar-refractivity contribution in [3.63, 3.8) is 0 Å². The van der Waals surface area contributed by atoms with E-state index in [1.807, 2.05) is 30.3 Å². The first-order valence-corrected chi connectivity index (χ1v) is 8.08. The summed E-state index contributed by atoms with van der Waals surface area (Å²) in [6, 6.07) is 14.1. The van der Waals surface area contributed by atoms with Crippen LogP contribution in [0.5, 0.6) is 0 Å². The van der Waals surface area contributed by atoms with Gasteiger partial charge in [-0.2, -0.15) is 0 Å². The maximum absolute atomic E-state index is 6.26. The van der Waals surface area contributed by atoms with Crippen LogP contribution in [-0.4, -0.2) is 6.54 Å². The molecular formula is C16H16BrCl2N. The fourth-order valence-corrected chi connectivity index (χ4v) is 3.38. The van der Waals surface area contributed by atoms with Gasteiger partial charge in [-0.15, -0.1) is 0 Å². The molecule has 0 saturated carbocycles. The fraction of sp³-hybridized carbons (Fsp3) is 0.250. The zero-order chi connectivity index (χ0) is 14.5. The molecule has 2 rings (SSSR count). The Labute approximate surface area is 138 Å². The Morgan fingerprint density at radius 3 is 2.55 bits per heavy atom. The van der Waals surface area contributed by atoms with Gasteiger partial charge in [0.15, 0.2) is 0 Å². The molecule has 2 aromatic rings. The van der Waals surface area contributed by atoms with Crippen LogP contribution in [0.2, 0.25) is 10.0 Å². The zero-order valence-corrected chi connectivity index (χ0v) is 14.3. The molecule has 0 saturated heterocycles. The topological polar surface area (TPSA) is 12.0 Å². The van der Waals surface area contributed by atoms with Gasteiger partial charge in [-0.05, 0) is 42.3 Å². The fourth-order valence-electron chi connectivity index (χ4n) is 2.21. The third-order valence-corrected chi connectivity index (χ3v) is 4.46. The summed E-state index contributed by atoms with van der Waals surface area (Å²) in [5.74, 6) is 0. The van der Waals surface area contributed by atoms with E-state index in [-0.39, 0.29) is 6.04 Å². The van der Waals surface area contributed by atoms with E-state index in [9.17, 15) is 0 Å². The van der Waals surface area contributed by atoms with Crippen molar-refractivity contribution in [2.24, 2.45) is 0 Å². The molecule has 0 heterocycles. The molecule has 4 heteroatoms. The lowest BCUT2D eigenvalue weighted by molar-refractivity contribution is 0.548. The molecule has 2 aromatic carbocycles. The number of halogens is 3. The number of likely N-dealkylation sites (N-methyl/N-ethyl adjacent to an activating group) is 1. The highest BCUT2D eigenvalue weighted by atomic mass is 79.9. The van der Waals surface area contributed by atoms with Gasteiger partial charge in [-0.25, -0.2) is 0 Å². The van der Waals surface area contributed by atoms with E-state index in [2.05, 4.69) is 40.3 Å². The molecule has 0 aliphatic carbocycles. The van der Waals surface area contributed by atoms with Gasteiger partial charge in [0.25, 0.3) is 0 Å². The predicted octanol–water partition coefficient (Wildman–Crippen LogP) is 5.65. The summed E-state index contributed by atoms with van der Waals surface area (Å²) in [5, 5.41) is 5.04. The average Bonchev–Trinajstić information content (AvgIpc) is 2.41. The highest BCUT2D eigenvalue weighted by Gasteiger charge is 2.15. The maximum Gasteiger partial charge on any atom is 0.0438 e. The van der Waals surface area contributed by atoms with Crippen LogP contribution in [0.3, 0.4) is 0 Å². The Morgan fingerprint density at radius 1 is 1.15 bits per heavy atom. The van der Waals surface area contributed by atoms with Crippen LogP contribution in [0, 0.1) is 0 Å². The molecule has 0 aromatic heterocycles. The van der Waals surface area contributed by atoms with E-state index in [4.69, 9.17) is 23.2 Å². The van der Waals surface area contributed by atoms with E-state index in [0.717, 1.165) is 33.0 Å². The lowest BCUT2D eigenvalue weighted by Gasteiger charge is -2.20. The summed E-state index contributed by atoms with van der Waals surface area (Å²) in [4.78, 5) is 0. The number of nitrogens with one attached hydrogen (secondary N) is 1. The molecule has 1 nitrogen and oxygen atoms in total. The van der Waals surface area contributed by atoms with E-state index >= 15 is 0 Å². The Bertz CT molecular complexity index is 586. The van der Waals surface area contributed by atoms with E-state index in [0.29, 0.717) is 0 Å². The first-order chi connectivity index (χ1) is 9.61. The molecule has 0 amide bonds. The first-order valence-electron chi connectivity index (χ1n) is 6.53. The van der Waals surface area contributed by atoms with Gasteiger partial charge in [-0.1, -0.05) is 70.3 Å². The molecule has 20 heavy (non-hydrogen) atoms. The van der Waals surface area contributed by atoms with Gasteiger partial charge in [0, 0.05) is 20.6 Å². The van der Waals surface area contributed by atoms with Crippen molar-refractivity contribution >= 4 is 39.1 Å². The molecular weight excluding hydrogens is 357 g/mol. The average molecular weight is 373 g/mol. The molecule has 1 unspecified atom stereocenters. The van der Waals surface area contributed by atoms with Crippen molar-refractivity contribution in [3.05, 3.63) is 68.1 Å². The number of benzene rings is 2. The molecule has 106 valence electrons. The molecule has 0 aliphatic heterocycles. The van der Waals surface area contributed by atoms with Crippen molar-refractivity contribution in [3.8, 4) is 0 Å². The molecule has 0 radical (unpaired) electrons. The van der Waals surface area contributed by atoms with E-state index < -0.39 is 0 Å². The Kier molecular flexibility index (Phi) is 5.91. The molecule has 0 bridgehead atoms. The maximum atomic E-state index is 6.26. The van der Waals surface area contributed by atoms with Crippen LogP contribution in [-0.2, 0) is 6.42 Å². The van der Waals surface area contributed by atoms with Crippen LogP contribution in [0.4, 0.5) is 0 Å². The smallest absolute Gasteiger partial charge is 0.0438 e. The van der Waals surface area contributed by atoms with Gasteiger partial charge in [0.2, 0.25) is 0 Å². The Morgan fingerprint density at radius 2 is 1.90 bits per heavy atom.